The van der Waals surface area contributed by atoms with Gasteiger partial charge in [-0.1, -0.05) is 48.5 Å². The minimum Gasteiger partial charge on any atom is -0.350 e. The summed E-state index contributed by atoms with van der Waals surface area (Å²) in [4.78, 5) is 27.9. The van der Waals surface area contributed by atoms with Gasteiger partial charge in [-0.2, -0.15) is 0 Å². The highest BCUT2D eigenvalue weighted by Gasteiger charge is 2.54. The Balaban J connectivity index is 1.34. The largest absolute Gasteiger partial charge is 0.350 e. The average molecular weight is 414 g/mol. The number of hydrogen-bond donors (Lipinski definition) is 1. The van der Waals surface area contributed by atoms with E-state index in [0.717, 1.165) is 24.1 Å². The van der Waals surface area contributed by atoms with E-state index >= 15 is 0 Å². The molecule has 4 nitrogen and oxygen atoms in total. The molecule has 0 bridgehead atoms. The van der Waals surface area contributed by atoms with Crippen molar-refractivity contribution in [1.82, 2.24) is 10.2 Å². The summed E-state index contributed by atoms with van der Waals surface area (Å²) in [6, 6.07) is 23.1. The molecule has 0 aromatic heterocycles. The molecule has 1 aliphatic carbocycles. The lowest BCUT2D eigenvalue weighted by Crippen LogP contribution is -2.45. The van der Waals surface area contributed by atoms with Gasteiger partial charge in [0.2, 0.25) is 0 Å². The summed E-state index contributed by atoms with van der Waals surface area (Å²) in [5, 5.41) is 2.94. The Hall–Kier alpha value is -3.47. The zero-order valence-electron chi connectivity index (χ0n) is 17.0. The Morgan fingerprint density at radius 1 is 0.935 bits per heavy atom. The maximum absolute atomic E-state index is 13.5. The number of amides is 2. The monoisotopic (exact) mass is 414 g/mol. The van der Waals surface area contributed by atoms with Crippen LogP contribution in [-0.2, 0) is 0 Å². The number of benzene rings is 3. The molecular weight excluding hydrogens is 391 g/mol. The first-order valence-electron chi connectivity index (χ1n) is 10.6. The summed E-state index contributed by atoms with van der Waals surface area (Å²) in [6.07, 6.45) is 1.10. The van der Waals surface area contributed by atoms with E-state index in [0.29, 0.717) is 29.5 Å². The van der Waals surface area contributed by atoms with Gasteiger partial charge in [-0.25, -0.2) is 4.39 Å². The van der Waals surface area contributed by atoms with E-state index < -0.39 is 0 Å². The van der Waals surface area contributed by atoms with Gasteiger partial charge in [-0.05, 0) is 59.7 Å². The third-order valence-corrected chi connectivity index (χ3v) is 6.38. The third-order valence-electron chi connectivity index (χ3n) is 6.38. The molecule has 1 saturated heterocycles. The fourth-order valence-electron chi connectivity index (χ4n) is 4.66. The molecule has 3 aromatic carbocycles. The number of rotatable bonds is 5. The summed E-state index contributed by atoms with van der Waals surface area (Å²) < 4.78 is 13.1. The Kier molecular flexibility index (Phi) is 5.02. The van der Waals surface area contributed by atoms with Crippen molar-refractivity contribution in [3.05, 3.63) is 95.8 Å². The van der Waals surface area contributed by atoms with Gasteiger partial charge in [0.1, 0.15) is 5.82 Å². The highest BCUT2D eigenvalue weighted by atomic mass is 19.1. The molecule has 3 atom stereocenters. The summed E-state index contributed by atoms with van der Waals surface area (Å²) in [6.45, 7) is 1.13. The van der Waals surface area contributed by atoms with Crippen molar-refractivity contribution in [2.24, 2.45) is 11.8 Å². The van der Waals surface area contributed by atoms with Crippen LogP contribution in [0.3, 0.4) is 0 Å². The molecule has 5 heteroatoms. The van der Waals surface area contributed by atoms with Gasteiger partial charge in [0.05, 0.1) is 6.04 Å². The molecule has 156 valence electrons. The Labute approximate surface area is 180 Å². The van der Waals surface area contributed by atoms with Crippen molar-refractivity contribution in [3.8, 4) is 11.1 Å². The minimum absolute atomic E-state index is 0.00712. The van der Waals surface area contributed by atoms with Crippen LogP contribution in [0.4, 0.5) is 4.39 Å². The number of halogens is 1. The van der Waals surface area contributed by atoms with E-state index in [9.17, 15) is 14.0 Å². The van der Waals surface area contributed by atoms with Crippen LogP contribution >= 0.6 is 0 Å². The lowest BCUT2D eigenvalue weighted by Gasteiger charge is -2.28. The first-order chi connectivity index (χ1) is 15.1. The molecule has 1 N–H and O–H groups in total. The van der Waals surface area contributed by atoms with Crippen molar-refractivity contribution in [1.29, 1.82) is 0 Å². The van der Waals surface area contributed by atoms with E-state index in [2.05, 4.69) is 5.32 Å². The number of nitrogens with zero attached hydrogens (tertiary/aromatic N) is 1. The van der Waals surface area contributed by atoms with Crippen molar-refractivity contribution < 1.29 is 14.0 Å². The second-order valence-electron chi connectivity index (χ2n) is 8.31. The minimum atomic E-state index is -0.373. The highest BCUT2D eigenvalue weighted by molar-refractivity contribution is 6.01. The first-order valence-corrected chi connectivity index (χ1v) is 10.6. The molecule has 3 aromatic rings. The molecule has 0 spiro atoms. The van der Waals surface area contributed by atoms with Crippen LogP contribution in [0.25, 0.3) is 11.1 Å². The summed E-state index contributed by atoms with van der Waals surface area (Å²) in [5.41, 5.74) is 3.03. The van der Waals surface area contributed by atoms with Crippen LogP contribution in [0.15, 0.2) is 78.9 Å². The first kappa shape index (κ1) is 19.5. The molecule has 0 radical (unpaired) electrons. The lowest BCUT2D eigenvalue weighted by atomic mass is 9.98. The fourth-order valence-corrected chi connectivity index (χ4v) is 4.66. The molecule has 1 aliphatic heterocycles. The molecule has 2 aliphatic rings. The number of carbonyl (C=O) groups is 2. The maximum Gasteiger partial charge on any atom is 0.254 e. The molecule has 2 fully saturated rings. The Morgan fingerprint density at radius 3 is 2.42 bits per heavy atom. The fraction of sp³-hybridized carbons (Fsp3) is 0.231. The van der Waals surface area contributed by atoms with Crippen LogP contribution in [0, 0.1) is 17.7 Å². The van der Waals surface area contributed by atoms with E-state index in [1.54, 1.807) is 0 Å². The van der Waals surface area contributed by atoms with Crippen LogP contribution in [0.2, 0.25) is 0 Å². The predicted octanol–water partition coefficient (Wildman–Crippen LogP) is 4.38. The second-order valence-corrected chi connectivity index (χ2v) is 8.31. The van der Waals surface area contributed by atoms with Gasteiger partial charge in [0, 0.05) is 24.2 Å². The SMILES string of the molecule is O=C(NC[C@@H]1[C@@H]2C[C@@H]2CN1C(=O)c1ccccc1-c1ccccc1)c1ccc(F)cc1. The van der Waals surface area contributed by atoms with Gasteiger partial charge in [0.25, 0.3) is 11.8 Å². The second kappa shape index (κ2) is 7.99. The van der Waals surface area contributed by atoms with Crippen molar-refractivity contribution in [3.63, 3.8) is 0 Å². The number of carbonyl (C=O) groups excluding carboxylic acids is 2. The van der Waals surface area contributed by atoms with E-state index in [1.807, 2.05) is 59.5 Å². The Morgan fingerprint density at radius 2 is 1.65 bits per heavy atom. The molecule has 31 heavy (non-hydrogen) atoms. The van der Waals surface area contributed by atoms with Gasteiger partial charge in [-0.15, -0.1) is 0 Å². The van der Waals surface area contributed by atoms with Crippen LogP contribution in [0.1, 0.15) is 27.1 Å². The lowest BCUT2D eigenvalue weighted by molar-refractivity contribution is 0.0695. The van der Waals surface area contributed by atoms with Crippen LogP contribution in [-0.4, -0.2) is 35.8 Å². The number of nitrogens with one attached hydrogen (secondary N) is 1. The van der Waals surface area contributed by atoms with Gasteiger partial charge < -0.3 is 10.2 Å². The molecule has 2 amide bonds. The molecule has 5 rings (SSSR count). The zero-order chi connectivity index (χ0) is 21.4. The molecule has 0 unspecified atom stereocenters. The molecule has 1 heterocycles. The number of hydrogen-bond acceptors (Lipinski definition) is 2. The summed E-state index contributed by atoms with van der Waals surface area (Å²) >= 11 is 0. The standard InChI is InChI=1S/C26H23FN2O2/c27-20-12-10-18(11-13-20)25(30)28-15-24-23-14-19(23)16-29(24)26(31)22-9-5-4-8-21(22)17-6-2-1-3-7-17/h1-13,19,23-24H,14-16H2,(H,28,30)/t19-,23-,24-/m1/s1. The van der Waals surface area contributed by atoms with E-state index in [1.165, 1.54) is 24.3 Å². The molecule has 1 saturated carbocycles. The van der Waals surface area contributed by atoms with Gasteiger partial charge in [-0.3, -0.25) is 9.59 Å². The smallest absolute Gasteiger partial charge is 0.254 e. The van der Waals surface area contributed by atoms with Crippen molar-refractivity contribution in [2.45, 2.75) is 12.5 Å². The van der Waals surface area contributed by atoms with Gasteiger partial charge >= 0.3 is 0 Å². The highest BCUT2D eigenvalue weighted by Crippen LogP contribution is 2.50. The quantitative estimate of drug-likeness (QED) is 0.674. The predicted molar refractivity (Wildman–Crippen MR) is 117 cm³/mol. The number of fused-ring (bicyclic) bond motifs is 1. The Bertz CT molecular complexity index is 1110. The third kappa shape index (κ3) is 3.83. The summed E-state index contributed by atoms with van der Waals surface area (Å²) in [5.74, 6) is 0.331. The van der Waals surface area contributed by atoms with E-state index in [-0.39, 0.29) is 23.7 Å². The zero-order valence-corrected chi connectivity index (χ0v) is 17.0. The number of piperidine rings is 1. The number of likely N-dealkylation sites (tertiary alicyclic amines) is 1. The summed E-state index contributed by atoms with van der Waals surface area (Å²) in [7, 11) is 0. The van der Waals surface area contributed by atoms with E-state index in [4.69, 9.17) is 0 Å². The average Bonchev–Trinajstić information content (AvgIpc) is 3.49. The topological polar surface area (TPSA) is 49.4 Å². The van der Waals surface area contributed by atoms with Crippen LogP contribution < -0.4 is 5.32 Å². The van der Waals surface area contributed by atoms with Crippen molar-refractivity contribution in [2.75, 3.05) is 13.1 Å². The van der Waals surface area contributed by atoms with Crippen LogP contribution in [0.5, 0.6) is 0 Å². The normalized spacial score (nSPS) is 21.5. The van der Waals surface area contributed by atoms with Gasteiger partial charge in [0.15, 0.2) is 0 Å². The molecular formula is C26H23FN2O2. The maximum atomic E-state index is 13.5. The van der Waals surface area contributed by atoms with Crippen molar-refractivity contribution >= 4 is 11.8 Å².